The maximum atomic E-state index is 12.0. The fourth-order valence-corrected chi connectivity index (χ4v) is 2.36. The molecule has 0 bridgehead atoms. The smallest absolute Gasteiger partial charge is 0.231 e. The van der Waals surface area contributed by atoms with Gasteiger partial charge in [-0.05, 0) is 29.3 Å². The van der Waals surface area contributed by atoms with Crippen molar-refractivity contribution in [2.24, 2.45) is 0 Å². The van der Waals surface area contributed by atoms with Gasteiger partial charge in [-0.25, -0.2) is 0 Å². The number of carbonyl (C=O) groups is 1. The Morgan fingerprint density at radius 3 is 2.78 bits per heavy atom. The number of nitrogen functional groups attached to an aromatic ring is 1. The van der Waals surface area contributed by atoms with Crippen molar-refractivity contribution >= 4 is 17.3 Å². The van der Waals surface area contributed by atoms with E-state index in [2.05, 4.69) is 0 Å². The highest BCUT2D eigenvalue weighted by molar-refractivity contribution is 6.01. The first-order valence-corrected chi connectivity index (χ1v) is 5.97. The number of carbonyl (C=O) groups excluding carboxylic acids is 1. The topological polar surface area (TPSA) is 46.3 Å². The molecule has 3 nitrogen and oxygen atoms in total. The van der Waals surface area contributed by atoms with Gasteiger partial charge in [0.2, 0.25) is 5.91 Å². The lowest BCUT2D eigenvalue weighted by atomic mass is 10.1. The van der Waals surface area contributed by atoms with Crippen LogP contribution in [-0.2, 0) is 17.8 Å². The second-order valence-electron chi connectivity index (χ2n) is 4.53. The Bertz CT molecular complexity index is 607. The van der Waals surface area contributed by atoms with E-state index in [4.69, 9.17) is 5.73 Å². The van der Waals surface area contributed by atoms with Crippen molar-refractivity contribution in [3.8, 4) is 0 Å². The lowest BCUT2D eigenvalue weighted by molar-refractivity contribution is -0.117. The number of rotatable bonds is 2. The predicted octanol–water partition coefficient (Wildman–Crippen LogP) is 2.36. The summed E-state index contributed by atoms with van der Waals surface area (Å²) in [4.78, 5) is 13.8. The van der Waals surface area contributed by atoms with Crippen molar-refractivity contribution in [3.05, 3.63) is 59.7 Å². The Labute approximate surface area is 106 Å². The lowest BCUT2D eigenvalue weighted by Crippen LogP contribution is -2.25. The number of fused-ring (bicyclic) bond motifs is 1. The van der Waals surface area contributed by atoms with E-state index in [-0.39, 0.29) is 5.91 Å². The van der Waals surface area contributed by atoms with Crippen LogP contribution < -0.4 is 10.6 Å². The van der Waals surface area contributed by atoms with Gasteiger partial charge in [-0.15, -0.1) is 0 Å². The van der Waals surface area contributed by atoms with E-state index in [1.165, 1.54) is 0 Å². The van der Waals surface area contributed by atoms with E-state index in [0.29, 0.717) is 13.0 Å². The molecule has 2 aromatic rings. The molecule has 0 spiro atoms. The third kappa shape index (κ3) is 1.84. The van der Waals surface area contributed by atoms with Gasteiger partial charge in [-0.3, -0.25) is 4.79 Å². The molecule has 2 aromatic carbocycles. The van der Waals surface area contributed by atoms with Crippen LogP contribution in [-0.4, -0.2) is 5.91 Å². The summed E-state index contributed by atoms with van der Waals surface area (Å²) in [5.41, 5.74) is 9.66. The van der Waals surface area contributed by atoms with Crippen molar-refractivity contribution in [3.63, 3.8) is 0 Å². The van der Waals surface area contributed by atoms with Crippen LogP contribution in [0.25, 0.3) is 0 Å². The minimum absolute atomic E-state index is 0.152. The monoisotopic (exact) mass is 238 g/mol. The summed E-state index contributed by atoms with van der Waals surface area (Å²) >= 11 is 0. The first kappa shape index (κ1) is 10.8. The summed E-state index contributed by atoms with van der Waals surface area (Å²) in [5, 5.41) is 0. The summed E-state index contributed by atoms with van der Waals surface area (Å²) < 4.78 is 0. The molecular weight excluding hydrogens is 224 g/mol. The van der Waals surface area contributed by atoms with Gasteiger partial charge in [0.15, 0.2) is 0 Å². The number of hydrogen-bond donors (Lipinski definition) is 1. The molecule has 1 amide bonds. The summed E-state index contributed by atoms with van der Waals surface area (Å²) in [7, 11) is 0. The molecule has 1 aliphatic rings. The van der Waals surface area contributed by atoms with Crippen molar-refractivity contribution < 1.29 is 4.79 Å². The number of anilines is 2. The molecule has 0 saturated carbocycles. The van der Waals surface area contributed by atoms with Gasteiger partial charge in [-0.2, -0.15) is 0 Å². The van der Waals surface area contributed by atoms with Crippen LogP contribution >= 0.6 is 0 Å². The van der Waals surface area contributed by atoms with Crippen LogP contribution in [0.5, 0.6) is 0 Å². The van der Waals surface area contributed by atoms with Gasteiger partial charge in [0.25, 0.3) is 0 Å². The normalized spacial score (nSPS) is 13.8. The SMILES string of the molecule is Nc1cccc(CN2C(=O)Cc3ccccc32)c1. The molecule has 0 aliphatic carbocycles. The van der Waals surface area contributed by atoms with Crippen molar-refractivity contribution in [1.82, 2.24) is 0 Å². The standard InChI is InChI=1S/C15H14N2O/c16-13-6-3-4-11(8-13)10-17-14-7-2-1-5-12(14)9-15(17)18/h1-8H,9-10,16H2. The largest absolute Gasteiger partial charge is 0.399 e. The molecule has 1 aliphatic heterocycles. The Balaban J connectivity index is 1.91. The number of amides is 1. The Hall–Kier alpha value is -2.29. The molecule has 0 fully saturated rings. The first-order valence-electron chi connectivity index (χ1n) is 5.97. The highest BCUT2D eigenvalue weighted by Crippen LogP contribution is 2.29. The number of benzene rings is 2. The second-order valence-corrected chi connectivity index (χ2v) is 4.53. The zero-order chi connectivity index (χ0) is 12.5. The summed E-state index contributed by atoms with van der Waals surface area (Å²) in [5.74, 6) is 0.152. The third-order valence-electron chi connectivity index (χ3n) is 3.22. The van der Waals surface area contributed by atoms with Gasteiger partial charge in [0, 0.05) is 11.4 Å². The zero-order valence-corrected chi connectivity index (χ0v) is 9.97. The Morgan fingerprint density at radius 1 is 1.11 bits per heavy atom. The van der Waals surface area contributed by atoms with Crippen LogP contribution in [0, 0.1) is 0 Å². The molecule has 2 N–H and O–H groups in total. The average molecular weight is 238 g/mol. The molecule has 0 aromatic heterocycles. The van der Waals surface area contributed by atoms with E-state index in [1.807, 2.05) is 53.4 Å². The van der Waals surface area contributed by atoms with Gasteiger partial charge < -0.3 is 10.6 Å². The minimum Gasteiger partial charge on any atom is -0.399 e. The summed E-state index contributed by atoms with van der Waals surface area (Å²) in [6.07, 6.45) is 0.499. The van der Waals surface area contributed by atoms with Crippen LogP contribution in [0.1, 0.15) is 11.1 Å². The minimum atomic E-state index is 0.152. The van der Waals surface area contributed by atoms with E-state index in [9.17, 15) is 4.79 Å². The molecule has 0 radical (unpaired) electrons. The molecule has 0 saturated heterocycles. The first-order chi connectivity index (χ1) is 8.74. The highest BCUT2D eigenvalue weighted by atomic mass is 16.2. The molecule has 0 atom stereocenters. The fourth-order valence-electron chi connectivity index (χ4n) is 2.36. The molecule has 0 unspecified atom stereocenters. The quantitative estimate of drug-likeness (QED) is 0.816. The maximum absolute atomic E-state index is 12.0. The van der Waals surface area contributed by atoms with E-state index < -0.39 is 0 Å². The second kappa shape index (κ2) is 4.18. The van der Waals surface area contributed by atoms with Crippen molar-refractivity contribution in [2.75, 3.05) is 10.6 Å². The third-order valence-corrected chi connectivity index (χ3v) is 3.22. The predicted molar refractivity (Wildman–Crippen MR) is 72.2 cm³/mol. The maximum Gasteiger partial charge on any atom is 0.231 e. The average Bonchev–Trinajstić information content (AvgIpc) is 2.66. The number of para-hydroxylation sites is 1. The number of nitrogens with two attached hydrogens (primary N) is 1. The van der Waals surface area contributed by atoms with E-state index in [0.717, 1.165) is 22.5 Å². The Kier molecular flexibility index (Phi) is 2.52. The zero-order valence-electron chi connectivity index (χ0n) is 9.97. The lowest BCUT2D eigenvalue weighted by Gasteiger charge is -2.17. The van der Waals surface area contributed by atoms with E-state index >= 15 is 0 Å². The fraction of sp³-hybridized carbons (Fsp3) is 0.133. The molecule has 18 heavy (non-hydrogen) atoms. The summed E-state index contributed by atoms with van der Waals surface area (Å²) in [6.45, 7) is 0.584. The van der Waals surface area contributed by atoms with Crippen LogP contribution in [0.3, 0.4) is 0 Å². The van der Waals surface area contributed by atoms with Crippen molar-refractivity contribution in [1.29, 1.82) is 0 Å². The number of hydrogen-bond acceptors (Lipinski definition) is 2. The van der Waals surface area contributed by atoms with Gasteiger partial charge in [0.05, 0.1) is 13.0 Å². The van der Waals surface area contributed by atoms with Crippen molar-refractivity contribution in [2.45, 2.75) is 13.0 Å². The van der Waals surface area contributed by atoms with Gasteiger partial charge in [-0.1, -0.05) is 30.3 Å². The van der Waals surface area contributed by atoms with Gasteiger partial charge in [0.1, 0.15) is 0 Å². The van der Waals surface area contributed by atoms with Crippen LogP contribution in [0.2, 0.25) is 0 Å². The molecular formula is C15H14N2O. The molecule has 3 heteroatoms. The molecule has 90 valence electrons. The highest BCUT2D eigenvalue weighted by Gasteiger charge is 2.26. The van der Waals surface area contributed by atoms with Crippen LogP contribution in [0.15, 0.2) is 48.5 Å². The number of nitrogens with zero attached hydrogens (tertiary/aromatic N) is 1. The summed E-state index contributed by atoms with van der Waals surface area (Å²) in [6, 6.07) is 15.6. The Morgan fingerprint density at radius 2 is 1.94 bits per heavy atom. The molecule has 1 heterocycles. The van der Waals surface area contributed by atoms with Crippen LogP contribution in [0.4, 0.5) is 11.4 Å². The van der Waals surface area contributed by atoms with Gasteiger partial charge >= 0.3 is 0 Å². The molecule has 3 rings (SSSR count). The van der Waals surface area contributed by atoms with E-state index in [1.54, 1.807) is 0 Å².